The van der Waals surface area contributed by atoms with Gasteiger partial charge in [0.1, 0.15) is 5.82 Å². The number of H-pyrrole nitrogens is 1. The van der Waals surface area contributed by atoms with Gasteiger partial charge in [0.2, 0.25) is 0 Å². The van der Waals surface area contributed by atoms with Gasteiger partial charge in [-0.2, -0.15) is 5.10 Å². The van der Waals surface area contributed by atoms with Crippen LogP contribution >= 0.6 is 0 Å². The molecule has 0 saturated heterocycles. The Balaban J connectivity index is 2.17. The Bertz CT molecular complexity index is 695. The van der Waals surface area contributed by atoms with Crippen molar-refractivity contribution in [2.24, 2.45) is 0 Å². The number of rotatable bonds is 5. The summed E-state index contributed by atoms with van der Waals surface area (Å²) < 4.78 is 39.3. The Hall–Kier alpha value is -1.77. The molecule has 0 fully saturated rings. The zero-order valence-corrected chi connectivity index (χ0v) is 11.5. The Morgan fingerprint density at radius 3 is 2.60 bits per heavy atom. The maximum atomic E-state index is 12.7. The lowest BCUT2D eigenvalue weighted by molar-refractivity contribution is 0.277. The van der Waals surface area contributed by atoms with E-state index in [2.05, 4.69) is 14.9 Å². The minimum Gasteiger partial charge on any atom is -0.392 e. The summed E-state index contributed by atoms with van der Waals surface area (Å²) in [7, 11) is -3.84. The van der Waals surface area contributed by atoms with Crippen molar-refractivity contribution in [1.29, 1.82) is 0 Å². The molecule has 3 N–H and O–H groups in total. The number of aryl methyl sites for hydroxylation is 1. The molecule has 0 spiro atoms. The number of benzene rings is 1. The van der Waals surface area contributed by atoms with Crippen molar-refractivity contribution >= 4 is 10.0 Å². The minimum absolute atomic E-state index is 0.0133. The van der Waals surface area contributed by atoms with Crippen LogP contribution in [0.25, 0.3) is 0 Å². The van der Waals surface area contributed by atoms with Gasteiger partial charge in [-0.05, 0) is 24.6 Å². The summed E-state index contributed by atoms with van der Waals surface area (Å²) in [6.45, 7) is 1.21. The summed E-state index contributed by atoms with van der Waals surface area (Å²) in [5, 5.41) is 15.2. The number of hydrogen-bond acceptors (Lipinski definition) is 4. The molecule has 0 aliphatic rings. The predicted molar refractivity (Wildman–Crippen MR) is 69.7 cm³/mol. The molecule has 8 heteroatoms. The monoisotopic (exact) mass is 299 g/mol. The van der Waals surface area contributed by atoms with Crippen LogP contribution in [0.1, 0.15) is 16.8 Å². The summed E-state index contributed by atoms with van der Waals surface area (Å²) in [5.41, 5.74) is 1.35. The molecular formula is C12H14FN3O3S. The zero-order chi connectivity index (χ0) is 14.8. The summed E-state index contributed by atoms with van der Waals surface area (Å²) in [5.74, 6) is -0.387. The quantitative estimate of drug-likeness (QED) is 0.762. The Morgan fingerprint density at radius 1 is 1.35 bits per heavy atom. The van der Waals surface area contributed by atoms with E-state index >= 15 is 0 Å². The Labute approximate surface area is 115 Å². The van der Waals surface area contributed by atoms with Crippen LogP contribution < -0.4 is 4.72 Å². The highest BCUT2D eigenvalue weighted by molar-refractivity contribution is 7.89. The van der Waals surface area contributed by atoms with Gasteiger partial charge in [0.05, 0.1) is 6.61 Å². The second kappa shape index (κ2) is 5.70. The smallest absolute Gasteiger partial charge is 0.260 e. The van der Waals surface area contributed by atoms with E-state index in [1.54, 1.807) is 6.92 Å². The number of sulfonamides is 1. The van der Waals surface area contributed by atoms with Crippen LogP contribution in [0.4, 0.5) is 4.39 Å². The molecular weight excluding hydrogens is 285 g/mol. The van der Waals surface area contributed by atoms with E-state index in [1.807, 2.05) is 0 Å². The van der Waals surface area contributed by atoms with Crippen LogP contribution in [0, 0.1) is 12.7 Å². The lowest BCUT2D eigenvalue weighted by atomic mass is 10.2. The number of aromatic nitrogens is 2. The van der Waals surface area contributed by atoms with E-state index < -0.39 is 16.6 Å². The number of nitrogens with zero attached hydrogens (tertiary/aromatic N) is 1. The van der Waals surface area contributed by atoms with Gasteiger partial charge in [-0.25, -0.2) is 17.5 Å². The predicted octanol–water partition coefficient (Wildman–Crippen LogP) is 0.828. The van der Waals surface area contributed by atoms with E-state index in [0.717, 1.165) is 0 Å². The summed E-state index contributed by atoms with van der Waals surface area (Å²) in [6, 6.07) is 5.48. The van der Waals surface area contributed by atoms with E-state index in [0.29, 0.717) is 11.3 Å². The van der Waals surface area contributed by atoms with Crippen molar-refractivity contribution in [2.45, 2.75) is 25.1 Å². The van der Waals surface area contributed by atoms with Crippen LogP contribution in [-0.4, -0.2) is 23.7 Å². The van der Waals surface area contributed by atoms with Crippen molar-refractivity contribution < 1.29 is 17.9 Å². The van der Waals surface area contributed by atoms with Crippen molar-refractivity contribution in [3.63, 3.8) is 0 Å². The number of halogens is 1. The molecule has 0 atom stereocenters. The summed E-state index contributed by atoms with van der Waals surface area (Å²) >= 11 is 0. The average molecular weight is 299 g/mol. The van der Waals surface area contributed by atoms with Crippen LogP contribution in [0.5, 0.6) is 0 Å². The van der Waals surface area contributed by atoms with Gasteiger partial charge in [0.25, 0.3) is 10.0 Å². The van der Waals surface area contributed by atoms with Gasteiger partial charge in [-0.3, -0.25) is 5.10 Å². The van der Waals surface area contributed by atoms with Crippen LogP contribution in [0.15, 0.2) is 29.3 Å². The number of aromatic amines is 1. The maximum Gasteiger partial charge on any atom is 0.260 e. The average Bonchev–Trinajstić information content (AvgIpc) is 2.80. The summed E-state index contributed by atoms with van der Waals surface area (Å²) in [4.78, 5) is 0. The number of aliphatic hydroxyl groups is 1. The van der Waals surface area contributed by atoms with Crippen molar-refractivity contribution in [1.82, 2.24) is 14.9 Å². The molecule has 1 heterocycles. The normalized spacial score (nSPS) is 11.8. The van der Waals surface area contributed by atoms with Crippen molar-refractivity contribution in [2.75, 3.05) is 0 Å². The molecule has 0 saturated carbocycles. The SMILES string of the molecule is Cc1[nH]nc(S(=O)(=O)NCc2ccc(F)cc2)c1CO. The highest BCUT2D eigenvalue weighted by Crippen LogP contribution is 2.16. The van der Waals surface area contributed by atoms with Gasteiger partial charge < -0.3 is 5.11 Å². The van der Waals surface area contributed by atoms with E-state index in [4.69, 9.17) is 0 Å². The van der Waals surface area contributed by atoms with Crippen molar-refractivity contribution in [3.05, 3.63) is 46.9 Å². The molecule has 6 nitrogen and oxygen atoms in total. The standard InChI is InChI=1S/C12H14FN3O3S/c1-8-11(7-17)12(16-15-8)20(18,19)14-6-9-2-4-10(13)5-3-9/h2-5,14,17H,6-7H2,1H3,(H,15,16). The fraction of sp³-hybridized carbons (Fsp3) is 0.250. The molecule has 0 aliphatic carbocycles. The van der Waals surface area contributed by atoms with E-state index in [-0.39, 0.29) is 23.0 Å². The second-order valence-electron chi connectivity index (χ2n) is 4.24. The molecule has 0 unspecified atom stereocenters. The first-order valence-corrected chi connectivity index (χ1v) is 7.31. The second-order valence-corrected chi connectivity index (χ2v) is 5.92. The fourth-order valence-corrected chi connectivity index (χ4v) is 2.89. The van der Waals surface area contributed by atoms with Crippen LogP contribution in [0.2, 0.25) is 0 Å². The lowest BCUT2D eigenvalue weighted by Crippen LogP contribution is -2.24. The van der Waals surface area contributed by atoms with Gasteiger partial charge in [0.15, 0.2) is 5.03 Å². The number of nitrogens with one attached hydrogen (secondary N) is 2. The molecule has 1 aromatic carbocycles. The molecule has 2 rings (SSSR count). The Morgan fingerprint density at radius 2 is 2.00 bits per heavy atom. The molecule has 0 amide bonds. The highest BCUT2D eigenvalue weighted by atomic mass is 32.2. The number of hydrogen-bond donors (Lipinski definition) is 3. The van der Waals surface area contributed by atoms with Gasteiger partial charge in [0, 0.05) is 17.8 Å². The first-order valence-electron chi connectivity index (χ1n) is 5.83. The van der Waals surface area contributed by atoms with E-state index in [9.17, 15) is 17.9 Å². The zero-order valence-electron chi connectivity index (χ0n) is 10.7. The highest BCUT2D eigenvalue weighted by Gasteiger charge is 2.22. The van der Waals surface area contributed by atoms with Gasteiger partial charge >= 0.3 is 0 Å². The first-order chi connectivity index (χ1) is 9.44. The molecule has 0 aliphatic heterocycles. The third-order valence-electron chi connectivity index (χ3n) is 2.83. The molecule has 20 heavy (non-hydrogen) atoms. The fourth-order valence-electron chi connectivity index (χ4n) is 1.69. The molecule has 0 bridgehead atoms. The molecule has 1 aromatic heterocycles. The maximum absolute atomic E-state index is 12.7. The van der Waals surface area contributed by atoms with Crippen LogP contribution in [0.3, 0.4) is 0 Å². The first kappa shape index (κ1) is 14.6. The lowest BCUT2D eigenvalue weighted by Gasteiger charge is -2.06. The van der Waals surface area contributed by atoms with Gasteiger partial charge in [-0.15, -0.1) is 0 Å². The summed E-state index contributed by atoms with van der Waals surface area (Å²) in [6.07, 6.45) is 0. The third kappa shape index (κ3) is 3.03. The topological polar surface area (TPSA) is 95.1 Å². The Kier molecular flexibility index (Phi) is 4.17. The molecule has 108 valence electrons. The number of aliphatic hydroxyl groups excluding tert-OH is 1. The minimum atomic E-state index is -3.84. The van der Waals surface area contributed by atoms with Gasteiger partial charge in [-0.1, -0.05) is 12.1 Å². The largest absolute Gasteiger partial charge is 0.392 e. The third-order valence-corrected chi connectivity index (χ3v) is 4.20. The molecule has 0 radical (unpaired) electrons. The molecule has 2 aromatic rings. The van der Waals surface area contributed by atoms with Crippen molar-refractivity contribution in [3.8, 4) is 0 Å². The van der Waals surface area contributed by atoms with E-state index in [1.165, 1.54) is 24.3 Å². The van der Waals surface area contributed by atoms with Crippen LogP contribution in [-0.2, 0) is 23.2 Å².